The van der Waals surface area contributed by atoms with Crippen LogP contribution in [0.25, 0.3) is 0 Å². The normalized spacial score (nSPS) is 16.5. The molecule has 0 amide bonds. The molecule has 0 aliphatic heterocycles. The third-order valence-corrected chi connectivity index (χ3v) is 1.20. The Bertz CT molecular complexity index is 50.4. The average Bonchev–Trinajstić information content (AvgIpc) is 1.68. The molecule has 0 rings (SSSR count). The van der Waals surface area contributed by atoms with Gasteiger partial charge in [-0.3, -0.25) is 0 Å². The molecule has 0 aliphatic rings. The van der Waals surface area contributed by atoms with E-state index >= 15 is 0 Å². The lowest BCUT2D eigenvalue weighted by Gasteiger charge is -2.17. The average molecular weight is 140 g/mol. The largest absolute Gasteiger partial charge is 0.389 e. The first kappa shape index (κ1) is 11.1. The summed E-state index contributed by atoms with van der Waals surface area (Å²) in [4.78, 5) is 0. The Morgan fingerprint density at radius 2 is 2.00 bits per heavy atom. The Labute approximate surface area is 56.5 Å². The molecule has 0 aromatic heterocycles. The molecule has 0 radical (unpaired) electrons. The van der Waals surface area contributed by atoms with Crippen molar-refractivity contribution in [3.63, 3.8) is 0 Å². The zero-order valence-corrected chi connectivity index (χ0v) is 6.16. The van der Waals surface area contributed by atoms with Crippen LogP contribution in [0.5, 0.6) is 0 Å². The van der Waals surface area contributed by atoms with Crippen LogP contribution < -0.4 is 5.73 Å². The summed E-state index contributed by atoms with van der Waals surface area (Å²) in [5.41, 5.74) is 4.53. The molecule has 0 aromatic rings. The molecular weight excluding hydrogens is 126 g/mol. The van der Waals surface area contributed by atoms with E-state index in [1.807, 2.05) is 6.92 Å². The second-order valence-corrected chi connectivity index (χ2v) is 2.05. The van der Waals surface area contributed by atoms with Crippen molar-refractivity contribution in [1.82, 2.24) is 0 Å². The fraction of sp³-hybridized carbons (Fsp3) is 1.00. The van der Waals surface area contributed by atoms with Crippen molar-refractivity contribution in [2.45, 2.75) is 25.9 Å². The van der Waals surface area contributed by atoms with Gasteiger partial charge < -0.3 is 10.8 Å². The van der Waals surface area contributed by atoms with Gasteiger partial charge in [0.15, 0.2) is 0 Å². The van der Waals surface area contributed by atoms with Gasteiger partial charge in [0, 0.05) is 6.54 Å². The molecule has 8 heavy (non-hydrogen) atoms. The van der Waals surface area contributed by atoms with Gasteiger partial charge in [-0.1, -0.05) is 6.92 Å². The topological polar surface area (TPSA) is 46.2 Å². The molecule has 1 atom stereocenters. The molecule has 0 spiro atoms. The molecule has 3 heteroatoms. The number of hydrogen-bond acceptors (Lipinski definition) is 2. The van der Waals surface area contributed by atoms with Gasteiger partial charge in [0.25, 0.3) is 0 Å². The molecule has 0 fully saturated rings. The van der Waals surface area contributed by atoms with Crippen molar-refractivity contribution in [2.75, 3.05) is 6.54 Å². The van der Waals surface area contributed by atoms with Crippen LogP contribution in [-0.2, 0) is 0 Å². The molecule has 0 aromatic carbocycles. The smallest absolute Gasteiger partial charge is 0.0738 e. The zero-order valence-electron chi connectivity index (χ0n) is 5.35. The van der Waals surface area contributed by atoms with Crippen LogP contribution in [0.3, 0.4) is 0 Å². The summed E-state index contributed by atoms with van der Waals surface area (Å²) in [6.07, 6.45) is 0.726. The van der Waals surface area contributed by atoms with Crippen molar-refractivity contribution < 1.29 is 5.11 Å². The molecule has 2 nitrogen and oxygen atoms in total. The standard InChI is InChI=1S/C5H13NO.ClH/c1-3-5(2,7)4-6;/h7H,3-4,6H2,1-2H3;1H. The fourth-order valence-corrected chi connectivity index (χ4v) is 0.144. The second-order valence-electron chi connectivity index (χ2n) is 2.05. The molecule has 0 saturated carbocycles. The Morgan fingerprint density at radius 1 is 1.62 bits per heavy atom. The molecule has 1 unspecified atom stereocenters. The van der Waals surface area contributed by atoms with Gasteiger partial charge in [-0.2, -0.15) is 0 Å². The van der Waals surface area contributed by atoms with E-state index < -0.39 is 5.60 Å². The lowest BCUT2D eigenvalue weighted by molar-refractivity contribution is 0.0652. The van der Waals surface area contributed by atoms with Gasteiger partial charge in [0.2, 0.25) is 0 Å². The van der Waals surface area contributed by atoms with Crippen molar-refractivity contribution in [3.8, 4) is 0 Å². The summed E-state index contributed by atoms with van der Waals surface area (Å²) >= 11 is 0. The van der Waals surface area contributed by atoms with E-state index in [0.717, 1.165) is 6.42 Å². The maximum Gasteiger partial charge on any atom is 0.0738 e. The highest BCUT2D eigenvalue weighted by atomic mass is 35.5. The minimum Gasteiger partial charge on any atom is -0.389 e. The molecular formula is C5H14ClNO. The maximum absolute atomic E-state index is 9.01. The van der Waals surface area contributed by atoms with Crippen molar-refractivity contribution in [3.05, 3.63) is 0 Å². The lowest BCUT2D eigenvalue weighted by atomic mass is 10.1. The van der Waals surface area contributed by atoms with Gasteiger partial charge in [-0.05, 0) is 13.3 Å². The number of aliphatic hydroxyl groups is 1. The molecule has 0 bridgehead atoms. The van der Waals surface area contributed by atoms with Crippen molar-refractivity contribution in [1.29, 1.82) is 0 Å². The van der Waals surface area contributed by atoms with E-state index in [1.54, 1.807) is 6.92 Å². The first-order valence-corrected chi connectivity index (χ1v) is 2.55. The number of rotatable bonds is 2. The van der Waals surface area contributed by atoms with Gasteiger partial charge in [0.1, 0.15) is 0 Å². The van der Waals surface area contributed by atoms with Gasteiger partial charge in [-0.25, -0.2) is 0 Å². The third kappa shape index (κ3) is 4.37. The van der Waals surface area contributed by atoms with Crippen molar-refractivity contribution in [2.24, 2.45) is 5.73 Å². The Morgan fingerprint density at radius 3 is 2.00 bits per heavy atom. The first-order chi connectivity index (χ1) is 3.12. The molecule has 52 valence electrons. The van der Waals surface area contributed by atoms with E-state index in [1.165, 1.54) is 0 Å². The van der Waals surface area contributed by atoms with Crippen LogP contribution in [-0.4, -0.2) is 17.3 Å². The SMILES string of the molecule is CCC(C)(O)CN.Cl. The van der Waals surface area contributed by atoms with E-state index in [-0.39, 0.29) is 12.4 Å². The maximum atomic E-state index is 9.01. The highest BCUT2D eigenvalue weighted by Gasteiger charge is 2.12. The summed E-state index contributed by atoms with van der Waals surface area (Å²) in [6.45, 7) is 3.99. The van der Waals surface area contributed by atoms with Crippen LogP contribution >= 0.6 is 12.4 Å². The van der Waals surface area contributed by atoms with Crippen LogP contribution in [0, 0.1) is 0 Å². The predicted octanol–water partition coefficient (Wildman–Crippen LogP) is 0.528. The highest BCUT2D eigenvalue weighted by molar-refractivity contribution is 5.85. The molecule has 0 heterocycles. The predicted molar refractivity (Wildman–Crippen MR) is 37.2 cm³/mol. The van der Waals surface area contributed by atoms with Crippen LogP contribution in [0.4, 0.5) is 0 Å². The van der Waals surface area contributed by atoms with Crippen LogP contribution in [0.2, 0.25) is 0 Å². The lowest BCUT2D eigenvalue weighted by Crippen LogP contribution is -2.32. The van der Waals surface area contributed by atoms with E-state index in [4.69, 9.17) is 10.8 Å². The zero-order chi connectivity index (χ0) is 5.91. The van der Waals surface area contributed by atoms with Gasteiger partial charge >= 0.3 is 0 Å². The molecule has 3 N–H and O–H groups in total. The van der Waals surface area contributed by atoms with E-state index in [9.17, 15) is 0 Å². The fourth-order valence-electron chi connectivity index (χ4n) is 0.144. The summed E-state index contributed by atoms with van der Waals surface area (Å²) in [5.74, 6) is 0. The molecule has 0 saturated heterocycles. The summed E-state index contributed by atoms with van der Waals surface area (Å²) < 4.78 is 0. The Balaban J connectivity index is 0. The van der Waals surface area contributed by atoms with Crippen LogP contribution in [0.15, 0.2) is 0 Å². The number of hydrogen-bond donors (Lipinski definition) is 2. The van der Waals surface area contributed by atoms with Crippen LogP contribution in [0.1, 0.15) is 20.3 Å². The monoisotopic (exact) mass is 139 g/mol. The summed E-state index contributed by atoms with van der Waals surface area (Å²) in [5, 5.41) is 9.01. The Kier molecular flexibility index (Phi) is 5.71. The Hall–Kier alpha value is 0.210. The van der Waals surface area contributed by atoms with Gasteiger partial charge in [-0.15, -0.1) is 12.4 Å². The third-order valence-electron chi connectivity index (χ3n) is 1.20. The number of nitrogens with two attached hydrogens (primary N) is 1. The minimum atomic E-state index is -0.639. The summed E-state index contributed by atoms with van der Waals surface area (Å²) in [6, 6.07) is 0. The van der Waals surface area contributed by atoms with E-state index in [2.05, 4.69) is 0 Å². The quantitative estimate of drug-likeness (QED) is 0.586. The minimum absolute atomic E-state index is 0. The first-order valence-electron chi connectivity index (χ1n) is 2.55. The van der Waals surface area contributed by atoms with E-state index in [0.29, 0.717) is 6.54 Å². The second kappa shape index (κ2) is 4.13. The molecule has 0 aliphatic carbocycles. The van der Waals surface area contributed by atoms with Crippen molar-refractivity contribution >= 4 is 12.4 Å². The highest BCUT2D eigenvalue weighted by Crippen LogP contribution is 2.03. The summed E-state index contributed by atoms with van der Waals surface area (Å²) in [7, 11) is 0. The number of halogens is 1. The van der Waals surface area contributed by atoms with Gasteiger partial charge in [0.05, 0.1) is 5.60 Å².